The van der Waals surface area contributed by atoms with Crippen molar-refractivity contribution in [3.05, 3.63) is 34.3 Å². The third-order valence-electron chi connectivity index (χ3n) is 2.58. The maximum atomic E-state index is 11.8. The van der Waals surface area contributed by atoms with Gasteiger partial charge >= 0.3 is 5.97 Å². The van der Waals surface area contributed by atoms with Gasteiger partial charge in [-0.05, 0) is 31.9 Å². The van der Waals surface area contributed by atoms with E-state index >= 15 is 0 Å². The van der Waals surface area contributed by atoms with E-state index in [1.807, 2.05) is 13.0 Å². The van der Waals surface area contributed by atoms with Crippen LogP contribution in [0, 0.1) is 6.92 Å². The van der Waals surface area contributed by atoms with Crippen molar-refractivity contribution in [1.82, 2.24) is 0 Å². The molecule has 0 heterocycles. The number of Topliss-reactive ketones (excluding diaryl/α,β-unsaturated/α-hetero) is 1. The van der Waals surface area contributed by atoms with Gasteiger partial charge in [0.2, 0.25) is 0 Å². The van der Waals surface area contributed by atoms with Gasteiger partial charge in [0.25, 0.3) is 0 Å². The van der Waals surface area contributed by atoms with Crippen LogP contribution in [-0.2, 0) is 9.53 Å². The highest BCUT2D eigenvalue weighted by Gasteiger charge is 2.09. The third kappa shape index (κ3) is 4.49. The minimum Gasteiger partial charge on any atom is -0.466 e. The Kier molecular flexibility index (Phi) is 5.86. The SMILES string of the molecule is CCOC(=O)CCCC(=O)c1ccc(C)c(Cl)c1. The highest BCUT2D eigenvalue weighted by Crippen LogP contribution is 2.18. The second-order valence-electron chi connectivity index (χ2n) is 4.05. The molecule has 0 amide bonds. The monoisotopic (exact) mass is 268 g/mol. The fourth-order valence-corrected chi connectivity index (χ4v) is 1.72. The summed E-state index contributed by atoms with van der Waals surface area (Å²) >= 11 is 5.96. The maximum Gasteiger partial charge on any atom is 0.305 e. The first-order valence-corrected chi connectivity index (χ1v) is 6.37. The van der Waals surface area contributed by atoms with E-state index in [4.69, 9.17) is 16.3 Å². The van der Waals surface area contributed by atoms with Crippen LogP contribution in [-0.4, -0.2) is 18.4 Å². The fourth-order valence-electron chi connectivity index (χ4n) is 1.54. The maximum absolute atomic E-state index is 11.8. The molecule has 0 unspecified atom stereocenters. The number of ketones is 1. The lowest BCUT2D eigenvalue weighted by atomic mass is 10.0. The molecular formula is C14H17ClO3. The van der Waals surface area contributed by atoms with Crippen LogP contribution in [0.15, 0.2) is 18.2 Å². The summed E-state index contributed by atoms with van der Waals surface area (Å²) in [5.74, 6) is -0.256. The van der Waals surface area contributed by atoms with E-state index in [-0.39, 0.29) is 18.2 Å². The quantitative estimate of drug-likeness (QED) is 0.585. The Morgan fingerprint density at radius 2 is 2.00 bits per heavy atom. The van der Waals surface area contributed by atoms with Crippen molar-refractivity contribution in [2.75, 3.05) is 6.61 Å². The highest BCUT2D eigenvalue weighted by molar-refractivity contribution is 6.31. The molecule has 0 aromatic heterocycles. The zero-order valence-electron chi connectivity index (χ0n) is 10.7. The second kappa shape index (κ2) is 7.17. The Morgan fingerprint density at radius 3 is 2.61 bits per heavy atom. The van der Waals surface area contributed by atoms with Crippen LogP contribution >= 0.6 is 11.6 Å². The van der Waals surface area contributed by atoms with Gasteiger partial charge in [0, 0.05) is 23.4 Å². The molecule has 0 aliphatic heterocycles. The average molecular weight is 269 g/mol. The summed E-state index contributed by atoms with van der Waals surface area (Å²) in [6.07, 6.45) is 1.11. The minimum absolute atomic E-state index is 0.00111. The van der Waals surface area contributed by atoms with Crippen LogP contribution in [0.5, 0.6) is 0 Å². The third-order valence-corrected chi connectivity index (χ3v) is 2.99. The largest absolute Gasteiger partial charge is 0.466 e. The van der Waals surface area contributed by atoms with Crippen molar-refractivity contribution < 1.29 is 14.3 Å². The van der Waals surface area contributed by atoms with Gasteiger partial charge in [-0.3, -0.25) is 9.59 Å². The van der Waals surface area contributed by atoms with Gasteiger partial charge in [0.1, 0.15) is 0 Å². The summed E-state index contributed by atoms with van der Waals surface area (Å²) in [6, 6.07) is 5.25. The summed E-state index contributed by atoms with van der Waals surface area (Å²) in [5.41, 5.74) is 1.54. The number of hydrogen-bond donors (Lipinski definition) is 0. The molecule has 1 rings (SSSR count). The average Bonchev–Trinajstić information content (AvgIpc) is 2.33. The van der Waals surface area contributed by atoms with Gasteiger partial charge in [-0.15, -0.1) is 0 Å². The standard InChI is InChI=1S/C14H17ClO3/c1-3-18-14(17)6-4-5-13(16)11-8-7-10(2)12(15)9-11/h7-9H,3-6H2,1-2H3. The van der Waals surface area contributed by atoms with E-state index < -0.39 is 0 Å². The molecule has 1 aromatic rings. The molecule has 0 atom stereocenters. The summed E-state index contributed by atoms with van der Waals surface area (Å²) in [6.45, 7) is 4.02. The number of ether oxygens (including phenoxy) is 1. The molecule has 0 radical (unpaired) electrons. The number of hydrogen-bond acceptors (Lipinski definition) is 3. The molecule has 4 heteroatoms. The van der Waals surface area contributed by atoms with Crippen LogP contribution in [0.1, 0.15) is 42.1 Å². The van der Waals surface area contributed by atoms with E-state index in [0.717, 1.165) is 5.56 Å². The summed E-state index contributed by atoms with van der Waals surface area (Å²) in [4.78, 5) is 22.9. The molecule has 98 valence electrons. The normalized spacial score (nSPS) is 10.2. The first kappa shape index (κ1) is 14.7. The number of rotatable bonds is 6. The molecule has 0 saturated carbocycles. The van der Waals surface area contributed by atoms with Crippen LogP contribution in [0.4, 0.5) is 0 Å². The second-order valence-corrected chi connectivity index (χ2v) is 4.45. The van der Waals surface area contributed by atoms with Gasteiger partial charge in [0.05, 0.1) is 6.61 Å². The first-order chi connectivity index (χ1) is 8.54. The van der Waals surface area contributed by atoms with Crippen molar-refractivity contribution in [3.63, 3.8) is 0 Å². The van der Waals surface area contributed by atoms with E-state index in [2.05, 4.69) is 0 Å². The number of esters is 1. The van der Waals surface area contributed by atoms with Crippen LogP contribution < -0.4 is 0 Å². The Balaban J connectivity index is 2.45. The van der Waals surface area contributed by atoms with Crippen molar-refractivity contribution in [2.24, 2.45) is 0 Å². The highest BCUT2D eigenvalue weighted by atomic mass is 35.5. The lowest BCUT2D eigenvalue weighted by Crippen LogP contribution is -2.06. The summed E-state index contributed by atoms with van der Waals surface area (Å²) in [5, 5.41) is 0.589. The number of benzene rings is 1. The van der Waals surface area contributed by atoms with E-state index in [1.54, 1.807) is 19.1 Å². The van der Waals surface area contributed by atoms with Crippen LogP contribution in [0.3, 0.4) is 0 Å². The summed E-state index contributed by atoms with van der Waals surface area (Å²) < 4.78 is 4.79. The van der Waals surface area contributed by atoms with Crippen LogP contribution in [0.2, 0.25) is 5.02 Å². The van der Waals surface area contributed by atoms with Crippen molar-refractivity contribution >= 4 is 23.4 Å². The smallest absolute Gasteiger partial charge is 0.305 e. The molecule has 0 spiro atoms. The minimum atomic E-state index is -0.257. The van der Waals surface area contributed by atoms with Gasteiger partial charge in [-0.25, -0.2) is 0 Å². The molecule has 3 nitrogen and oxygen atoms in total. The van der Waals surface area contributed by atoms with Gasteiger partial charge in [0.15, 0.2) is 5.78 Å². The van der Waals surface area contributed by atoms with Crippen molar-refractivity contribution in [2.45, 2.75) is 33.1 Å². The topological polar surface area (TPSA) is 43.4 Å². The Morgan fingerprint density at radius 1 is 1.28 bits per heavy atom. The Bertz CT molecular complexity index is 441. The molecule has 18 heavy (non-hydrogen) atoms. The molecule has 0 fully saturated rings. The number of halogens is 1. The van der Waals surface area contributed by atoms with E-state index in [0.29, 0.717) is 30.0 Å². The molecule has 0 aliphatic rings. The summed E-state index contributed by atoms with van der Waals surface area (Å²) in [7, 11) is 0. The lowest BCUT2D eigenvalue weighted by Gasteiger charge is -2.04. The molecule has 1 aromatic carbocycles. The lowest BCUT2D eigenvalue weighted by molar-refractivity contribution is -0.143. The number of carbonyl (C=O) groups excluding carboxylic acids is 2. The van der Waals surface area contributed by atoms with E-state index in [9.17, 15) is 9.59 Å². The first-order valence-electron chi connectivity index (χ1n) is 5.99. The van der Waals surface area contributed by atoms with Crippen LogP contribution in [0.25, 0.3) is 0 Å². The van der Waals surface area contributed by atoms with Gasteiger partial charge < -0.3 is 4.74 Å². The van der Waals surface area contributed by atoms with Gasteiger partial charge in [-0.2, -0.15) is 0 Å². The van der Waals surface area contributed by atoms with Crippen molar-refractivity contribution in [1.29, 1.82) is 0 Å². The predicted molar refractivity (Wildman–Crippen MR) is 71.0 cm³/mol. The van der Waals surface area contributed by atoms with E-state index in [1.165, 1.54) is 0 Å². The zero-order valence-corrected chi connectivity index (χ0v) is 11.4. The zero-order chi connectivity index (χ0) is 13.5. The molecule has 0 saturated heterocycles. The Labute approximate surface area is 112 Å². The Hall–Kier alpha value is -1.35. The molecule has 0 N–H and O–H groups in total. The molecule has 0 bridgehead atoms. The molecule has 0 aliphatic carbocycles. The van der Waals surface area contributed by atoms with Crippen molar-refractivity contribution in [3.8, 4) is 0 Å². The fraction of sp³-hybridized carbons (Fsp3) is 0.429. The molecular weight excluding hydrogens is 252 g/mol. The predicted octanol–water partition coefficient (Wildman–Crippen LogP) is 3.56. The van der Waals surface area contributed by atoms with Gasteiger partial charge in [-0.1, -0.05) is 23.7 Å². The number of carbonyl (C=O) groups is 2. The number of aryl methyl sites for hydroxylation is 1.